The maximum absolute atomic E-state index is 13.2. The van der Waals surface area contributed by atoms with Gasteiger partial charge < -0.3 is 14.7 Å². The van der Waals surface area contributed by atoms with Crippen LogP contribution >= 0.6 is 0 Å². The fourth-order valence-electron chi connectivity index (χ4n) is 4.43. The van der Waals surface area contributed by atoms with Crippen molar-refractivity contribution < 1.29 is 4.79 Å². The molecule has 3 rings (SSSR count). The Morgan fingerprint density at radius 3 is 2.28 bits per heavy atom. The van der Waals surface area contributed by atoms with Crippen LogP contribution in [0.3, 0.4) is 0 Å². The second-order valence-corrected chi connectivity index (χ2v) is 9.43. The number of para-hydroxylation sites is 1. The molecule has 32 heavy (non-hydrogen) atoms. The van der Waals surface area contributed by atoms with Crippen LogP contribution in [-0.2, 0) is 11.3 Å². The van der Waals surface area contributed by atoms with Crippen LogP contribution in [0.25, 0.3) is 5.69 Å². The van der Waals surface area contributed by atoms with Gasteiger partial charge in [-0.25, -0.2) is 4.68 Å². The number of amides is 1. The minimum atomic E-state index is 0.200. The van der Waals surface area contributed by atoms with E-state index in [9.17, 15) is 4.79 Å². The van der Waals surface area contributed by atoms with Crippen molar-refractivity contribution in [1.29, 1.82) is 0 Å². The molecule has 1 aliphatic rings. The van der Waals surface area contributed by atoms with Crippen molar-refractivity contribution in [2.45, 2.75) is 67.0 Å². The van der Waals surface area contributed by atoms with Gasteiger partial charge in [0, 0.05) is 44.2 Å². The third kappa shape index (κ3) is 5.52. The van der Waals surface area contributed by atoms with Crippen LogP contribution in [0.4, 0.5) is 5.82 Å². The summed E-state index contributed by atoms with van der Waals surface area (Å²) in [6.45, 7) is 18.6. The fourth-order valence-corrected chi connectivity index (χ4v) is 4.43. The number of likely N-dealkylation sites (N-methyl/N-ethyl adjacent to an activating group) is 1. The predicted molar refractivity (Wildman–Crippen MR) is 132 cm³/mol. The second-order valence-electron chi connectivity index (χ2n) is 9.43. The topological polar surface area (TPSA) is 44.6 Å². The number of hydrogen-bond donors (Lipinski definition) is 0. The monoisotopic (exact) mass is 439 g/mol. The SMILES string of the molecule is CC[C@H](C)N(Cc1c(C)nn(-c2ccccc2)c1N1CCN(CC)CC1)C(=O)CC(C)C. The van der Waals surface area contributed by atoms with Crippen molar-refractivity contribution in [3.63, 3.8) is 0 Å². The molecule has 1 amide bonds. The summed E-state index contributed by atoms with van der Waals surface area (Å²) in [6.07, 6.45) is 1.53. The molecule has 0 aliphatic carbocycles. The van der Waals surface area contributed by atoms with Crippen LogP contribution in [-0.4, -0.2) is 64.3 Å². The summed E-state index contributed by atoms with van der Waals surface area (Å²) in [5.74, 6) is 1.74. The number of benzene rings is 1. The van der Waals surface area contributed by atoms with Crippen LogP contribution in [0.5, 0.6) is 0 Å². The van der Waals surface area contributed by atoms with Gasteiger partial charge >= 0.3 is 0 Å². The first-order valence-electron chi connectivity index (χ1n) is 12.3. The molecule has 1 aromatic carbocycles. The Balaban J connectivity index is 2.02. The molecule has 0 unspecified atom stereocenters. The molecule has 0 radical (unpaired) electrons. The van der Waals surface area contributed by atoms with Crippen LogP contribution in [0.1, 0.15) is 58.7 Å². The molecule has 1 aromatic heterocycles. The summed E-state index contributed by atoms with van der Waals surface area (Å²) in [6, 6.07) is 10.6. The molecule has 0 spiro atoms. The minimum Gasteiger partial charge on any atom is -0.354 e. The van der Waals surface area contributed by atoms with Crippen molar-refractivity contribution in [2.24, 2.45) is 5.92 Å². The first kappa shape index (κ1) is 24.3. The van der Waals surface area contributed by atoms with E-state index < -0.39 is 0 Å². The van der Waals surface area contributed by atoms with Crippen molar-refractivity contribution in [1.82, 2.24) is 19.6 Å². The Hall–Kier alpha value is -2.34. The number of anilines is 1. The summed E-state index contributed by atoms with van der Waals surface area (Å²) >= 11 is 0. The molecular formula is C26H41N5O. The van der Waals surface area contributed by atoms with Crippen LogP contribution in [0.15, 0.2) is 30.3 Å². The maximum Gasteiger partial charge on any atom is 0.223 e. The van der Waals surface area contributed by atoms with Gasteiger partial charge in [0.25, 0.3) is 0 Å². The zero-order valence-corrected chi connectivity index (χ0v) is 20.8. The van der Waals surface area contributed by atoms with E-state index in [1.165, 1.54) is 5.56 Å². The van der Waals surface area contributed by atoms with E-state index in [0.717, 1.165) is 56.3 Å². The van der Waals surface area contributed by atoms with E-state index in [1.807, 2.05) is 6.07 Å². The molecule has 1 aliphatic heterocycles. The Kier molecular flexibility index (Phi) is 8.35. The molecule has 2 aromatic rings. The van der Waals surface area contributed by atoms with E-state index in [4.69, 9.17) is 5.10 Å². The molecule has 1 saturated heterocycles. The van der Waals surface area contributed by atoms with Crippen molar-refractivity contribution in [2.75, 3.05) is 37.6 Å². The summed E-state index contributed by atoms with van der Waals surface area (Å²) < 4.78 is 2.09. The average Bonchev–Trinajstić information content (AvgIpc) is 3.12. The molecule has 0 N–H and O–H groups in total. The molecule has 2 heterocycles. The normalized spacial score (nSPS) is 15.9. The number of rotatable bonds is 9. The lowest BCUT2D eigenvalue weighted by atomic mass is 10.1. The standard InChI is InChI=1S/C26H41N5O/c1-7-21(5)30(25(32)18-20(3)4)19-24-22(6)27-31(23-12-10-9-11-13-23)26(24)29-16-14-28(8-2)15-17-29/h9-13,20-21H,7-8,14-19H2,1-6H3/t21-/m0/s1. The highest BCUT2D eigenvalue weighted by Crippen LogP contribution is 2.30. The van der Waals surface area contributed by atoms with Gasteiger partial charge in [0.1, 0.15) is 5.82 Å². The van der Waals surface area contributed by atoms with Gasteiger partial charge in [0.15, 0.2) is 0 Å². The number of aryl methyl sites for hydroxylation is 1. The number of piperazine rings is 1. The van der Waals surface area contributed by atoms with Gasteiger partial charge in [0.2, 0.25) is 5.91 Å². The van der Waals surface area contributed by atoms with E-state index in [-0.39, 0.29) is 11.9 Å². The Morgan fingerprint density at radius 1 is 1.06 bits per heavy atom. The molecule has 6 nitrogen and oxygen atoms in total. The number of aromatic nitrogens is 2. The van der Waals surface area contributed by atoms with E-state index in [1.54, 1.807) is 0 Å². The van der Waals surface area contributed by atoms with Gasteiger partial charge in [-0.3, -0.25) is 4.79 Å². The smallest absolute Gasteiger partial charge is 0.223 e. The van der Waals surface area contributed by atoms with Crippen molar-refractivity contribution in [3.8, 4) is 5.69 Å². The zero-order chi connectivity index (χ0) is 23.3. The molecule has 0 saturated carbocycles. The molecular weight excluding hydrogens is 398 g/mol. The fraction of sp³-hybridized carbons (Fsp3) is 0.615. The van der Waals surface area contributed by atoms with E-state index >= 15 is 0 Å². The third-order valence-electron chi connectivity index (χ3n) is 6.63. The highest BCUT2D eigenvalue weighted by atomic mass is 16.2. The van der Waals surface area contributed by atoms with Gasteiger partial charge in [0.05, 0.1) is 17.9 Å². The predicted octanol–water partition coefficient (Wildman–Crippen LogP) is 4.50. The number of carbonyl (C=O) groups excluding carboxylic acids is 1. The lowest BCUT2D eigenvalue weighted by Crippen LogP contribution is -2.47. The quantitative estimate of drug-likeness (QED) is 0.577. The summed E-state index contributed by atoms with van der Waals surface area (Å²) in [7, 11) is 0. The average molecular weight is 440 g/mol. The van der Waals surface area contributed by atoms with Crippen LogP contribution in [0, 0.1) is 12.8 Å². The first-order valence-corrected chi connectivity index (χ1v) is 12.3. The lowest BCUT2D eigenvalue weighted by molar-refractivity contribution is -0.134. The molecule has 1 atom stereocenters. The van der Waals surface area contributed by atoms with Crippen LogP contribution < -0.4 is 4.90 Å². The van der Waals surface area contributed by atoms with Crippen molar-refractivity contribution >= 4 is 11.7 Å². The molecule has 1 fully saturated rings. The number of hydrogen-bond acceptors (Lipinski definition) is 4. The zero-order valence-electron chi connectivity index (χ0n) is 20.8. The highest BCUT2D eigenvalue weighted by Gasteiger charge is 2.29. The second kappa shape index (κ2) is 11.0. The van der Waals surface area contributed by atoms with E-state index in [0.29, 0.717) is 18.9 Å². The maximum atomic E-state index is 13.2. The van der Waals surface area contributed by atoms with Gasteiger partial charge in [-0.05, 0) is 44.9 Å². The van der Waals surface area contributed by atoms with E-state index in [2.05, 4.69) is 85.2 Å². The third-order valence-corrected chi connectivity index (χ3v) is 6.63. The Labute approximate surface area is 194 Å². The summed E-state index contributed by atoms with van der Waals surface area (Å²) in [5, 5.41) is 4.98. The lowest BCUT2D eigenvalue weighted by Gasteiger charge is -2.37. The number of carbonyl (C=O) groups is 1. The van der Waals surface area contributed by atoms with Gasteiger partial charge in [-0.2, -0.15) is 5.10 Å². The molecule has 176 valence electrons. The largest absolute Gasteiger partial charge is 0.354 e. The van der Waals surface area contributed by atoms with Crippen LogP contribution in [0.2, 0.25) is 0 Å². The molecule has 0 bridgehead atoms. The number of nitrogens with zero attached hydrogens (tertiary/aromatic N) is 5. The summed E-state index contributed by atoms with van der Waals surface area (Å²) in [5.41, 5.74) is 3.25. The first-order chi connectivity index (χ1) is 15.3. The molecule has 6 heteroatoms. The summed E-state index contributed by atoms with van der Waals surface area (Å²) in [4.78, 5) is 20.2. The van der Waals surface area contributed by atoms with Crippen molar-refractivity contribution in [3.05, 3.63) is 41.6 Å². The highest BCUT2D eigenvalue weighted by molar-refractivity contribution is 5.77. The minimum absolute atomic E-state index is 0.200. The van der Waals surface area contributed by atoms with Gasteiger partial charge in [-0.15, -0.1) is 0 Å². The van der Waals surface area contributed by atoms with Gasteiger partial charge in [-0.1, -0.05) is 45.9 Å². The Morgan fingerprint density at radius 2 is 1.72 bits per heavy atom. The Bertz CT molecular complexity index is 868.